The summed E-state index contributed by atoms with van der Waals surface area (Å²) >= 11 is 3.31. The van der Waals surface area contributed by atoms with Crippen molar-refractivity contribution in [3.8, 4) is 0 Å². The fourth-order valence-corrected chi connectivity index (χ4v) is 1.72. The van der Waals surface area contributed by atoms with Crippen molar-refractivity contribution in [2.75, 3.05) is 0 Å². The Bertz CT molecular complexity index is 570. The minimum Gasteiger partial charge on any atom is -0.289 e. The number of allylic oxidation sites excluding steroid dienone is 1. The van der Waals surface area contributed by atoms with E-state index in [1.807, 2.05) is 12.1 Å². The number of ketones is 1. The van der Waals surface area contributed by atoms with Gasteiger partial charge in [0.05, 0.1) is 0 Å². The lowest BCUT2D eigenvalue weighted by Crippen LogP contribution is -1.93. The maximum absolute atomic E-state index is 12.7. The molecular formula is C15H10BrFO. The molecule has 0 fully saturated rings. The Labute approximate surface area is 113 Å². The number of benzene rings is 2. The first kappa shape index (κ1) is 12.7. The molecule has 0 aromatic heterocycles. The molecule has 0 radical (unpaired) electrons. The second kappa shape index (κ2) is 5.74. The van der Waals surface area contributed by atoms with Gasteiger partial charge in [-0.05, 0) is 48.0 Å². The van der Waals surface area contributed by atoms with Crippen LogP contribution in [0, 0.1) is 5.82 Å². The van der Waals surface area contributed by atoms with Crippen LogP contribution < -0.4 is 0 Å². The van der Waals surface area contributed by atoms with Crippen LogP contribution >= 0.6 is 15.9 Å². The summed E-state index contributed by atoms with van der Waals surface area (Å²) in [7, 11) is 0. The molecule has 0 aliphatic heterocycles. The van der Waals surface area contributed by atoms with Gasteiger partial charge in [0.25, 0.3) is 0 Å². The summed E-state index contributed by atoms with van der Waals surface area (Å²) in [4.78, 5) is 11.8. The van der Waals surface area contributed by atoms with E-state index in [1.165, 1.54) is 18.2 Å². The number of carbonyl (C=O) groups is 1. The van der Waals surface area contributed by atoms with E-state index in [-0.39, 0.29) is 11.6 Å². The van der Waals surface area contributed by atoms with E-state index < -0.39 is 0 Å². The van der Waals surface area contributed by atoms with Gasteiger partial charge in [-0.2, -0.15) is 0 Å². The average Bonchev–Trinajstić information content (AvgIpc) is 2.38. The monoisotopic (exact) mass is 304 g/mol. The van der Waals surface area contributed by atoms with Crippen molar-refractivity contribution >= 4 is 27.8 Å². The van der Waals surface area contributed by atoms with Gasteiger partial charge in [-0.25, -0.2) is 4.39 Å². The Morgan fingerprint density at radius 3 is 2.22 bits per heavy atom. The molecule has 0 aliphatic carbocycles. The summed E-state index contributed by atoms with van der Waals surface area (Å²) in [5, 5.41) is 0. The topological polar surface area (TPSA) is 17.1 Å². The molecule has 2 aromatic rings. The summed E-state index contributed by atoms with van der Waals surface area (Å²) in [6, 6.07) is 13.1. The van der Waals surface area contributed by atoms with Crippen LogP contribution in [0.5, 0.6) is 0 Å². The number of hydrogen-bond acceptors (Lipinski definition) is 1. The minimum absolute atomic E-state index is 0.0770. The molecule has 2 rings (SSSR count). The van der Waals surface area contributed by atoms with Crippen molar-refractivity contribution in [3.05, 3.63) is 76.0 Å². The largest absolute Gasteiger partial charge is 0.289 e. The number of carbonyl (C=O) groups excluding carboxylic acids is 1. The van der Waals surface area contributed by atoms with Gasteiger partial charge in [-0.1, -0.05) is 34.1 Å². The Morgan fingerprint density at radius 1 is 1.00 bits per heavy atom. The molecule has 3 heteroatoms. The van der Waals surface area contributed by atoms with Crippen molar-refractivity contribution < 1.29 is 9.18 Å². The van der Waals surface area contributed by atoms with Crippen molar-refractivity contribution in [1.82, 2.24) is 0 Å². The van der Waals surface area contributed by atoms with Crippen molar-refractivity contribution in [3.63, 3.8) is 0 Å². The zero-order valence-corrected chi connectivity index (χ0v) is 11.0. The molecule has 1 nitrogen and oxygen atoms in total. The van der Waals surface area contributed by atoms with E-state index in [9.17, 15) is 9.18 Å². The Hall–Kier alpha value is -1.74. The maximum Gasteiger partial charge on any atom is 0.185 e. The zero-order valence-electron chi connectivity index (χ0n) is 9.44. The Balaban J connectivity index is 2.11. The molecule has 2 aromatic carbocycles. The first-order valence-electron chi connectivity index (χ1n) is 5.39. The molecule has 0 saturated carbocycles. The molecule has 0 spiro atoms. The lowest BCUT2D eigenvalue weighted by Gasteiger charge is -1.96. The molecule has 0 aliphatic rings. The van der Waals surface area contributed by atoms with Gasteiger partial charge in [-0.15, -0.1) is 0 Å². The number of halogens is 2. The van der Waals surface area contributed by atoms with Crippen LogP contribution in [-0.2, 0) is 0 Å². The van der Waals surface area contributed by atoms with E-state index in [4.69, 9.17) is 0 Å². The van der Waals surface area contributed by atoms with Crippen LogP contribution in [0.3, 0.4) is 0 Å². The number of hydrogen-bond donors (Lipinski definition) is 0. The third kappa shape index (κ3) is 3.37. The van der Waals surface area contributed by atoms with E-state index in [1.54, 1.807) is 30.3 Å². The van der Waals surface area contributed by atoms with Crippen LogP contribution in [0.2, 0.25) is 0 Å². The van der Waals surface area contributed by atoms with Gasteiger partial charge < -0.3 is 0 Å². The SMILES string of the molecule is O=C(/C=C\c1ccc(F)cc1)c1ccc(Br)cc1. The normalized spacial score (nSPS) is 10.8. The fourth-order valence-electron chi connectivity index (χ4n) is 1.46. The van der Waals surface area contributed by atoms with Gasteiger partial charge in [0.15, 0.2) is 5.78 Å². The second-order valence-electron chi connectivity index (χ2n) is 3.76. The highest BCUT2D eigenvalue weighted by molar-refractivity contribution is 9.10. The molecule has 0 unspecified atom stereocenters. The predicted octanol–water partition coefficient (Wildman–Crippen LogP) is 4.48. The van der Waals surface area contributed by atoms with Gasteiger partial charge >= 0.3 is 0 Å². The second-order valence-corrected chi connectivity index (χ2v) is 4.67. The Morgan fingerprint density at radius 2 is 1.61 bits per heavy atom. The lowest BCUT2D eigenvalue weighted by molar-refractivity contribution is 0.104. The van der Waals surface area contributed by atoms with Crippen LogP contribution in [-0.4, -0.2) is 5.78 Å². The van der Waals surface area contributed by atoms with Crippen LogP contribution in [0.1, 0.15) is 15.9 Å². The lowest BCUT2D eigenvalue weighted by atomic mass is 10.1. The van der Waals surface area contributed by atoms with E-state index >= 15 is 0 Å². The van der Waals surface area contributed by atoms with Gasteiger partial charge in [0.1, 0.15) is 5.82 Å². The van der Waals surface area contributed by atoms with Gasteiger partial charge in [0, 0.05) is 10.0 Å². The summed E-state index contributed by atoms with van der Waals surface area (Å²) in [6.45, 7) is 0. The van der Waals surface area contributed by atoms with Gasteiger partial charge in [-0.3, -0.25) is 4.79 Å². The summed E-state index contributed by atoms with van der Waals surface area (Å²) < 4.78 is 13.6. The zero-order chi connectivity index (χ0) is 13.0. The molecule has 0 bridgehead atoms. The summed E-state index contributed by atoms with van der Waals surface area (Å²) in [5.41, 5.74) is 1.42. The van der Waals surface area contributed by atoms with Gasteiger partial charge in [0.2, 0.25) is 0 Å². The van der Waals surface area contributed by atoms with E-state index in [2.05, 4.69) is 15.9 Å². The molecule has 0 saturated heterocycles. The molecule has 0 N–H and O–H groups in total. The molecule has 0 amide bonds. The highest BCUT2D eigenvalue weighted by atomic mass is 79.9. The van der Waals surface area contributed by atoms with E-state index in [0.717, 1.165) is 10.0 Å². The minimum atomic E-state index is -0.286. The molecule has 18 heavy (non-hydrogen) atoms. The smallest absolute Gasteiger partial charge is 0.185 e. The third-order valence-corrected chi connectivity index (χ3v) is 2.95. The highest BCUT2D eigenvalue weighted by Gasteiger charge is 2.00. The molecular weight excluding hydrogens is 295 g/mol. The van der Waals surface area contributed by atoms with Crippen LogP contribution in [0.4, 0.5) is 4.39 Å². The van der Waals surface area contributed by atoms with Crippen molar-refractivity contribution in [1.29, 1.82) is 0 Å². The number of rotatable bonds is 3. The average molecular weight is 305 g/mol. The van der Waals surface area contributed by atoms with Crippen LogP contribution in [0.15, 0.2) is 59.1 Å². The van der Waals surface area contributed by atoms with Crippen molar-refractivity contribution in [2.24, 2.45) is 0 Å². The standard InChI is InChI=1S/C15H10BrFO/c16-13-6-4-12(5-7-13)15(18)10-3-11-1-8-14(17)9-2-11/h1-10H/b10-3-. The fraction of sp³-hybridized carbons (Fsp3) is 0. The van der Waals surface area contributed by atoms with Crippen molar-refractivity contribution in [2.45, 2.75) is 0 Å². The molecule has 90 valence electrons. The third-order valence-electron chi connectivity index (χ3n) is 2.43. The molecule has 0 heterocycles. The summed E-state index contributed by atoms with van der Waals surface area (Å²) in [5.74, 6) is -0.363. The predicted molar refractivity (Wildman–Crippen MR) is 73.9 cm³/mol. The Kier molecular flexibility index (Phi) is 4.05. The quantitative estimate of drug-likeness (QED) is 0.603. The molecule has 0 atom stereocenters. The van der Waals surface area contributed by atoms with E-state index in [0.29, 0.717) is 5.56 Å². The first-order chi connectivity index (χ1) is 8.65. The highest BCUT2D eigenvalue weighted by Crippen LogP contribution is 2.12. The van der Waals surface area contributed by atoms with Crippen LogP contribution in [0.25, 0.3) is 6.08 Å². The maximum atomic E-state index is 12.7. The first-order valence-corrected chi connectivity index (χ1v) is 6.18. The summed E-state index contributed by atoms with van der Waals surface area (Å²) in [6.07, 6.45) is 3.15.